The molecule has 0 aromatic heterocycles. The summed E-state index contributed by atoms with van der Waals surface area (Å²) in [6.45, 7) is 8.81. The van der Waals surface area contributed by atoms with Crippen LogP contribution in [0.15, 0.2) is 0 Å². The monoisotopic (exact) mass is 216 g/mol. The predicted molar refractivity (Wildman–Crippen MR) is 61.7 cm³/mol. The number of hydrogen-bond donors (Lipinski definition) is 2. The topological polar surface area (TPSA) is 52.6 Å². The summed E-state index contributed by atoms with van der Waals surface area (Å²) < 4.78 is 0. The molecular weight excluding hydrogens is 192 g/mol. The molecule has 4 heteroatoms. The van der Waals surface area contributed by atoms with Crippen molar-refractivity contribution in [2.75, 3.05) is 26.2 Å². The summed E-state index contributed by atoms with van der Waals surface area (Å²) in [5.74, 6) is 0.0435. The lowest BCUT2D eigenvalue weighted by molar-refractivity contribution is -0.122. The molecule has 0 spiro atoms. The van der Waals surface area contributed by atoms with E-state index in [9.17, 15) is 9.90 Å². The summed E-state index contributed by atoms with van der Waals surface area (Å²) in [4.78, 5) is 13.5. The standard InChI is InChI=1S/C11H24N2O2/c1-4-10(14)7-8-12-11(15)9-13(5-2)6-3/h10,14H,4-9H2,1-3H3,(H,12,15). The molecule has 0 aromatic rings. The van der Waals surface area contributed by atoms with Gasteiger partial charge >= 0.3 is 0 Å². The first-order valence-electron chi connectivity index (χ1n) is 5.81. The van der Waals surface area contributed by atoms with E-state index in [0.29, 0.717) is 19.5 Å². The normalized spacial score (nSPS) is 12.9. The number of carbonyl (C=O) groups excluding carboxylic acids is 1. The molecule has 2 N–H and O–H groups in total. The van der Waals surface area contributed by atoms with Gasteiger partial charge in [0.05, 0.1) is 12.6 Å². The summed E-state index contributed by atoms with van der Waals surface area (Å²) in [6.07, 6.45) is 1.09. The van der Waals surface area contributed by atoms with Crippen molar-refractivity contribution < 1.29 is 9.90 Å². The van der Waals surface area contributed by atoms with Crippen molar-refractivity contribution >= 4 is 5.91 Å². The van der Waals surface area contributed by atoms with E-state index in [0.717, 1.165) is 19.5 Å². The molecule has 0 radical (unpaired) electrons. The van der Waals surface area contributed by atoms with Crippen LogP contribution in [0.3, 0.4) is 0 Å². The maximum atomic E-state index is 11.4. The summed E-state index contributed by atoms with van der Waals surface area (Å²) in [5, 5.41) is 12.1. The Morgan fingerprint density at radius 1 is 1.33 bits per heavy atom. The van der Waals surface area contributed by atoms with Crippen molar-refractivity contribution in [2.45, 2.75) is 39.7 Å². The fourth-order valence-electron chi connectivity index (χ4n) is 1.29. The number of amides is 1. The van der Waals surface area contributed by atoms with Gasteiger partial charge in [0.15, 0.2) is 0 Å². The first-order valence-corrected chi connectivity index (χ1v) is 5.81. The van der Waals surface area contributed by atoms with E-state index in [1.165, 1.54) is 0 Å². The fourth-order valence-corrected chi connectivity index (χ4v) is 1.29. The Kier molecular flexibility index (Phi) is 8.33. The smallest absolute Gasteiger partial charge is 0.234 e. The first kappa shape index (κ1) is 14.4. The van der Waals surface area contributed by atoms with Crippen molar-refractivity contribution in [2.24, 2.45) is 0 Å². The van der Waals surface area contributed by atoms with Crippen LogP contribution in [0.1, 0.15) is 33.6 Å². The van der Waals surface area contributed by atoms with E-state index in [1.54, 1.807) is 0 Å². The van der Waals surface area contributed by atoms with Crippen LogP contribution in [0.5, 0.6) is 0 Å². The number of aliphatic hydroxyl groups excluding tert-OH is 1. The highest BCUT2D eigenvalue weighted by atomic mass is 16.3. The molecule has 0 fully saturated rings. The number of likely N-dealkylation sites (N-methyl/N-ethyl adjacent to an activating group) is 1. The van der Waals surface area contributed by atoms with Crippen LogP contribution >= 0.6 is 0 Å². The second kappa shape index (κ2) is 8.68. The summed E-state index contributed by atoms with van der Waals surface area (Å²) in [5.41, 5.74) is 0. The quantitative estimate of drug-likeness (QED) is 0.625. The molecule has 15 heavy (non-hydrogen) atoms. The average Bonchev–Trinajstić information content (AvgIpc) is 2.25. The summed E-state index contributed by atoms with van der Waals surface area (Å²) in [7, 11) is 0. The highest BCUT2D eigenvalue weighted by molar-refractivity contribution is 5.77. The van der Waals surface area contributed by atoms with Gasteiger partial charge in [0.2, 0.25) is 5.91 Å². The van der Waals surface area contributed by atoms with Gasteiger partial charge in [-0.2, -0.15) is 0 Å². The number of aliphatic hydroxyl groups is 1. The van der Waals surface area contributed by atoms with E-state index in [2.05, 4.69) is 10.2 Å². The Morgan fingerprint density at radius 3 is 2.40 bits per heavy atom. The second-order valence-corrected chi connectivity index (χ2v) is 3.66. The number of hydrogen-bond acceptors (Lipinski definition) is 3. The van der Waals surface area contributed by atoms with Gasteiger partial charge in [-0.25, -0.2) is 0 Å². The summed E-state index contributed by atoms with van der Waals surface area (Å²) >= 11 is 0. The molecule has 1 atom stereocenters. The minimum absolute atomic E-state index is 0.0435. The average molecular weight is 216 g/mol. The van der Waals surface area contributed by atoms with Gasteiger partial charge < -0.3 is 10.4 Å². The van der Waals surface area contributed by atoms with Crippen LogP contribution in [-0.4, -0.2) is 48.2 Å². The first-order chi connectivity index (χ1) is 7.13. The number of nitrogens with zero attached hydrogens (tertiary/aromatic N) is 1. The van der Waals surface area contributed by atoms with Crippen LogP contribution in [0.4, 0.5) is 0 Å². The van der Waals surface area contributed by atoms with E-state index in [-0.39, 0.29) is 12.0 Å². The molecular formula is C11H24N2O2. The van der Waals surface area contributed by atoms with Gasteiger partial charge in [0.25, 0.3) is 0 Å². The van der Waals surface area contributed by atoms with Crippen molar-refractivity contribution in [3.63, 3.8) is 0 Å². The second-order valence-electron chi connectivity index (χ2n) is 3.66. The third-order valence-electron chi connectivity index (χ3n) is 2.53. The van der Waals surface area contributed by atoms with Crippen molar-refractivity contribution in [1.29, 1.82) is 0 Å². The zero-order chi connectivity index (χ0) is 11.7. The molecule has 0 saturated carbocycles. The van der Waals surface area contributed by atoms with E-state index in [1.807, 2.05) is 20.8 Å². The van der Waals surface area contributed by atoms with Crippen molar-refractivity contribution in [3.8, 4) is 0 Å². The number of nitrogens with one attached hydrogen (secondary N) is 1. The molecule has 1 unspecified atom stereocenters. The largest absolute Gasteiger partial charge is 0.393 e. The molecule has 4 nitrogen and oxygen atoms in total. The minimum atomic E-state index is -0.293. The van der Waals surface area contributed by atoms with Crippen LogP contribution in [0.25, 0.3) is 0 Å². The Balaban J connectivity index is 3.56. The van der Waals surface area contributed by atoms with Crippen LogP contribution in [0.2, 0.25) is 0 Å². The molecule has 0 rings (SSSR count). The molecule has 0 aliphatic heterocycles. The fraction of sp³-hybridized carbons (Fsp3) is 0.909. The third kappa shape index (κ3) is 7.33. The highest BCUT2D eigenvalue weighted by Gasteiger charge is 2.07. The van der Waals surface area contributed by atoms with Gasteiger partial charge in [0.1, 0.15) is 0 Å². The molecule has 0 aromatic carbocycles. The zero-order valence-electron chi connectivity index (χ0n) is 10.1. The molecule has 0 aliphatic rings. The molecule has 0 saturated heterocycles. The molecule has 0 aliphatic carbocycles. The van der Waals surface area contributed by atoms with Crippen LogP contribution in [0, 0.1) is 0 Å². The lowest BCUT2D eigenvalue weighted by atomic mass is 10.2. The Hall–Kier alpha value is -0.610. The third-order valence-corrected chi connectivity index (χ3v) is 2.53. The van der Waals surface area contributed by atoms with Gasteiger partial charge in [-0.15, -0.1) is 0 Å². The van der Waals surface area contributed by atoms with Crippen molar-refractivity contribution in [3.05, 3.63) is 0 Å². The molecule has 0 heterocycles. The Bertz CT molecular complexity index is 170. The van der Waals surface area contributed by atoms with Gasteiger partial charge in [-0.05, 0) is 25.9 Å². The van der Waals surface area contributed by atoms with E-state index >= 15 is 0 Å². The Labute approximate surface area is 92.7 Å². The number of carbonyl (C=O) groups is 1. The molecule has 1 amide bonds. The number of rotatable bonds is 8. The molecule has 0 bridgehead atoms. The minimum Gasteiger partial charge on any atom is -0.393 e. The van der Waals surface area contributed by atoms with Crippen LogP contribution < -0.4 is 5.32 Å². The van der Waals surface area contributed by atoms with Gasteiger partial charge in [0, 0.05) is 6.54 Å². The van der Waals surface area contributed by atoms with Gasteiger partial charge in [-0.3, -0.25) is 9.69 Å². The van der Waals surface area contributed by atoms with E-state index < -0.39 is 0 Å². The maximum absolute atomic E-state index is 11.4. The van der Waals surface area contributed by atoms with Gasteiger partial charge in [-0.1, -0.05) is 20.8 Å². The lowest BCUT2D eigenvalue weighted by Gasteiger charge is -2.17. The SMILES string of the molecule is CCC(O)CCNC(=O)CN(CC)CC. The Morgan fingerprint density at radius 2 is 1.93 bits per heavy atom. The zero-order valence-corrected chi connectivity index (χ0v) is 10.1. The maximum Gasteiger partial charge on any atom is 0.234 e. The highest BCUT2D eigenvalue weighted by Crippen LogP contribution is 1.94. The van der Waals surface area contributed by atoms with Crippen LogP contribution in [-0.2, 0) is 4.79 Å². The lowest BCUT2D eigenvalue weighted by Crippen LogP contribution is -2.38. The molecule has 90 valence electrons. The summed E-state index contributed by atoms with van der Waals surface area (Å²) in [6, 6.07) is 0. The van der Waals surface area contributed by atoms with Crippen molar-refractivity contribution in [1.82, 2.24) is 10.2 Å². The predicted octanol–water partition coefficient (Wildman–Crippen LogP) is 0.605. The van der Waals surface area contributed by atoms with E-state index in [4.69, 9.17) is 0 Å².